The summed E-state index contributed by atoms with van der Waals surface area (Å²) >= 11 is 0. The number of nitrogens with one attached hydrogen (secondary N) is 1. The van der Waals surface area contributed by atoms with E-state index < -0.39 is 0 Å². The summed E-state index contributed by atoms with van der Waals surface area (Å²) in [5, 5.41) is 2.84. The first-order valence-corrected chi connectivity index (χ1v) is 10.3. The zero-order valence-corrected chi connectivity index (χ0v) is 17.5. The Bertz CT molecular complexity index is 976. The molecule has 0 fully saturated rings. The molecule has 0 atom stereocenters. The molecule has 3 aromatic rings. The highest BCUT2D eigenvalue weighted by atomic mass is 16.2. The number of aromatic nitrogens is 3. The van der Waals surface area contributed by atoms with Crippen LogP contribution >= 0.6 is 0 Å². The third kappa shape index (κ3) is 5.53. The molecule has 0 radical (unpaired) electrons. The minimum atomic E-state index is -0.302. The van der Waals surface area contributed by atoms with E-state index in [1.54, 1.807) is 41.7 Å². The average molecular weight is 405 g/mol. The molecule has 7 heteroatoms. The Balaban J connectivity index is 1.91. The summed E-state index contributed by atoms with van der Waals surface area (Å²) in [6.07, 6.45) is 9.33. The molecular weight excluding hydrogens is 376 g/mol. The van der Waals surface area contributed by atoms with Crippen LogP contribution in [0.15, 0.2) is 55.0 Å². The van der Waals surface area contributed by atoms with Crippen LogP contribution in [-0.2, 0) is 0 Å². The van der Waals surface area contributed by atoms with E-state index in [4.69, 9.17) is 10.7 Å². The molecule has 7 nitrogen and oxygen atoms in total. The van der Waals surface area contributed by atoms with Crippen molar-refractivity contribution in [1.29, 1.82) is 0 Å². The van der Waals surface area contributed by atoms with Crippen molar-refractivity contribution < 1.29 is 4.79 Å². The fraction of sp³-hybridized carbons (Fsp3) is 0.304. The van der Waals surface area contributed by atoms with Crippen LogP contribution in [0.5, 0.6) is 0 Å². The van der Waals surface area contributed by atoms with Crippen molar-refractivity contribution in [3.05, 3.63) is 60.6 Å². The largest absolute Gasteiger partial charge is 0.396 e. The maximum atomic E-state index is 13.1. The Morgan fingerprint density at radius 1 is 1.13 bits per heavy atom. The highest BCUT2D eigenvalue weighted by Gasteiger charge is 2.20. The van der Waals surface area contributed by atoms with Crippen molar-refractivity contribution in [1.82, 2.24) is 15.0 Å². The summed E-state index contributed by atoms with van der Waals surface area (Å²) in [5.74, 6) is 0.928. The minimum absolute atomic E-state index is 0.302. The number of urea groups is 1. The third-order valence-electron chi connectivity index (χ3n) is 4.71. The first-order chi connectivity index (χ1) is 14.6. The quantitative estimate of drug-likeness (QED) is 0.512. The van der Waals surface area contributed by atoms with E-state index in [0.717, 1.165) is 42.5 Å². The lowest BCUT2D eigenvalue weighted by molar-refractivity contribution is 0.256. The molecule has 2 amide bonds. The molecule has 30 heavy (non-hydrogen) atoms. The summed E-state index contributed by atoms with van der Waals surface area (Å²) in [6, 6.07) is 10.7. The van der Waals surface area contributed by atoms with E-state index in [0.29, 0.717) is 23.9 Å². The Morgan fingerprint density at radius 3 is 2.73 bits per heavy atom. The second-order valence-corrected chi connectivity index (χ2v) is 7.22. The van der Waals surface area contributed by atoms with Gasteiger partial charge in [0.1, 0.15) is 5.82 Å². The Hall–Kier alpha value is -3.48. The third-order valence-corrected chi connectivity index (χ3v) is 4.71. The topological polar surface area (TPSA) is 97.0 Å². The second-order valence-electron chi connectivity index (χ2n) is 7.22. The number of anilines is 3. The molecule has 0 bridgehead atoms. The van der Waals surface area contributed by atoms with Crippen molar-refractivity contribution in [2.24, 2.45) is 0 Å². The lowest BCUT2D eigenvalue weighted by atomic mass is 10.1. The van der Waals surface area contributed by atoms with Crippen molar-refractivity contribution in [2.45, 2.75) is 39.5 Å². The fourth-order valence-corrected chi connectivity index (χ4v) is 3.15. The molecule has 0 saturated carbocycles. The lowest BCUT2D eigenvalue weighted by Crippen LogP contribution is -2.37. The smallest absolute Gasteiger partial charge is 0.328 e. The van der Waals surface area contributed by atoms with Crippen molar-refractivity contribution >= 4 is 23.4 Å². The number of carbonyl (C=O) groups excluding carboxylic acids is 1. The predicted molar refractivity (Wildman–Crippen MR) is 121 cm³/mol. The molecule has 0 unspecified atom stereocenters. The van der Waals surface area contributed by atoms with Gasteiger partial charge in [0.2, 0.25) is 0 Å². The number of hydrogen-bond acceptors (Lipinski definition) is 5. The minimum Gasteiger partial charge on any atom is -0.396 e. The maximum Gasteiger partial charge on any atom is 0.328 e. The van der Waals surface area contributed by atoms with Gasteiger partial charge in [0, 0.05) is 30.7 Å². The fourth-order valence-electron chi connectivity index (χ4n) is 3.15. The molecule has 0 aliphatic heterocycles. The average Bonchev–Trinajstić information content (AvgIpc) is 2.75. The molecule has 0 aliphatic rings. The van der Waals surface area contributed by atoms with E-state index in [1.165, 1.54) is 0 Å². The number of nitrogens with zero attached hydrogens (tertiary/aromatic N) is 4. The number of unbranched alkanes of at least 4 members (excludes halogenated alkanes) is 3. The number of nitrogen functional groups attached to an aromatic ring is 1. The second kappa shape index (κ2) is 10.3. The molecule has 156 valence electrons. The van der Waals surface area contributed by atoms with Crippen molar-refractivity contribution in [2.75, 3.05) is 22.5 Å². The molecule has 3 aromatic heterocycles. The van der Waals surface area contributed by atoms with Crippen LogP contribution in [0.3, 0.4) is 0 Å². The molecule has 0 saturated heterocycles. The van der Waals surface area contributed by atoms with Gasteiger partial charge >= 0.3 is 6.03 Å². The summed E-state index contributed by atoms with van der Waals surface area (Å²) in [7, 11) is 0. The number of pyridine rings is 3. The molecule has 0 aliphatic carbocycles. The van der Waals surface area contributed by atoms with E-state index >= 15 is 0 Å². The molecule has 0 aromatic carbocycles. The molecule has 3 rings (SSSR count). The Labute approximate surface area is 177 Å². The molecule has 0 spiro atoms. The van der Waals surface area contributed by atoms with Crippen LogP contribution in [-0.4, -0.2) is 27.5 Å². The van der Waals surface area contributed by atoms with Gasteiger partial charge in [-0.15, -0.1) is 0 Å². The van der Waals surface area contributed by atoms with Gasteiger partial charge in [-0.3, -0.25) is 15.2 Å². The summed E-state index contributed by atoms with van der Waals surface area (Å²) in [5.41, 5.74) is 9.34. The van der Waals surface area contributed by atoms with Crippen molar-refractivity contribution in [3.8, 4) is 11.3 Å². The molecular formula is C23H28N6O. The van der Waals surface area contributed by atoms with Gasteiger partial charge < -0.3 is 5.73 Å². The van der Waals surface area contributed by atoms with Crippen LogP contribution in [0.25, 0.3) is 11.3 Å². The summed E-state index contributed by atoms with van der Waals surface area (Å²) in [4.78, 5) is 27.9. The van der Waals surface area contributed by atoms with Gasteiger partial charge in [-0.05, 0) is 49.2 Å². The van der Waals surface area contributed by atoms with E-state index in [1.807, 2.05) is 25.1 Å². The van der Waals surface area contributed by atoms with Gasteiger partial charge in [0.15, 0.2) is 5.82 Å². The van der Waals surface area contributed by atoms with Crippen LogP contribution < -0.4 is 16.0 Å². The number of carbonyl (C=O) groups is 1. The van der Waals surface area contributed by atoms with Gasteiger partial charge in [-0.1, -0.05) is 32.3 Å². The van der Waals surface area contributed by atoms with Crippen LogP contribution in [0.2, 0.25) is 0 Å². The highest BCUT2D eigenvalue weighted by molar-refractivity contribution is 6.02. The Morgan fingerprint density at radius 2 is 2.00 bits per heavy atom. The van der Waals surface area contributed by atoms with Crippen LogP contribution in [0.1, 0.15) is 38.2 Å². The van der Waals surface area contributed by atoms with Gasteiger partial charge in [-0.2, -0.15) is 0 Å². The van der Waals surface area contributed by atoms with Gasteiger partial charge in [0.05, 0.1) is 11.4 Å². The molecule has 3 heterocycles. The Kier molecular flexibility index (Phi) is 7.32. The van der Waals surface area contributed by atoms with Gasteiger partial charge in [0.25, 0.3) is 0 Å². The normalized spacial score (nSPS) is 10.6. The highest BCUT2D eigenvalue weighted by Crippen LogP contribution is 2.27. The number of aryl methyl sites for hydroxylation is 1. The SMILES string of the molecule is CCCCCCN(C(=O)Nc1ccccn1)c1nc(-c2cncc(C)c2)ccc1N. The summed E-state index contributed by atoms with van der Waals surface area (Å²) in [6.45, 7) is 4.66. The number of amides is 2. The van der Waals surface area contributed by atoms with Crippen LogP contribution in [0.4, 0.5) is 22.1 Å². The number of rotatable bonds is 8. The lowest BCUT2D eigenvalue weighted by Gasteiger charge is -2.24. The monoisotopic (exact) mass is 404 g/mol. The first kappa shape index (κ1) is 21.2. The zero-order chi connectivity index (χ0) is 21.3. The zero-order valence-electron chi connectivity index (χ0n) is 17.5. The van der Waals surface area contributed by atoms with Gasteiger partial charge in [-0.25, -0.2) is 14.8 Å². The van der Waals surface area contributed by atoms with E-state index in [2.05, 4.69) is 22.2 Å². The summed E-state index contributed by atoms with van der Waals surface area (Å²) < 4.78 is 0. The maximum absolute atomic E-state index is 13.1. The first-order valence-electron chi connectivity index (χ1n) is 10.3. The van der Waals surface area contributed by atoms with Crippen LogP contribution in [0, 0.1) is 6.92 Å². The van der Waals surface area contributed by atoms with Crippen molar-refractivity contribution in [3.63, 3.8) is 0 Å². The van der Waals surface area contributed by atoms with E-state index in [9.17, 15) is 4.79 Å². The van der Waals surface area contributed by atoms with E-state index in [-0.39, 0.29) is 6.03 Å². The standard InChI is InChI=1S/C23H28N6O/c1-3-4-5-8-13-29(23(30)28-21-9-6-7-12-26-21)22-19(24)10-11-20(27-22)18-14-17(2)15-25-16-18/h6-7,9-12,14-16H,3-5,8,13,24H2,1-2H3,(H,26,28,30). The predicted octanol–water partition coefficient (Wildman–Crippen LogP) is 5.05. The number of hydrogen-bond donors (Lipinski definition) is 2. The molecule has 3 N–H and O–H groups in total. The number of nitrogens with two attached hydrogens (primary N) is 1.